The van der Waals surface area contributed by atoms with Gasteiger partial charge in [0.2, 0.25) is 0 Å². The highest BCUT2D eigenvalue weighted by atomic mass is 16.5. The Balaban J connectivity index is 1.08. The summed E-state index contributed by atoms with van der Waals surface area (Å²) in [6, 6.07) is 62.9. The predicted octanol–water partition coefficient (Wildman–Crippen LogP) is 12.3. The summed E-state index contributed by atoms with van der Waals surface area (Å²) in [4.78, 5) is 7.53. The minimum atomic E-state index is -0.166. The molecule has 0 bridgehead atoms. The number of hydrogen-bond acceptors (Lipinski definition) is 4. The van der Waals surface area contributed by atoms with E-state index in [9.17, 15) is 0 Å². The fourth-order valence-corrected chi connectivity index (χ4v) is 11.2. The second-order valence-electron chi connectivity index (χ2n) is 17.7. The molecule has 0 unspecified atom stereocenters. The maximum Gasteiger partial charge on any atom is 0.252 e. The first-order valence-corrected chi connectivity index (χ1v) is 20.8. The third kappa shape index (κ3) is 4.19. The minimum Gasteiger partial charge on any atom is -0.453 e. The molecule has 280 valence electrons. The topological polar surface area (TPSA) is 19.0 Å². The fraction of sp³-hybridized carbons (Fsp3) is 0.111. The Kier molecular flexibility index (Phi) is 6.36. The van der Waals surface area contributed by atoms with Gasteiger partial charge in [0.25, 0.3) is 6.71 Å². The van der Waals surface area contributed by atoms with Crippen LogP contribution in [-0.4, -0.2) is 6.71 Å². The van der Waals surface area contributed by atoms with Gasteiger partial charge in [-0.3, -0.25) is 0 Å². The lowest BCUT2D eigenvalue weighted by molar-refractivity contribution is 0.477. The molecule has 0 atom stereocenters. The number of rotatable bonds is 2. The molecular formula is C54H40BN3O. The monoisotopic (exact) mass is 757 g/mol. The van der Waals surface area contributed by atoms with Crippen LogP contribution in [-0.2, 0) is 10.8 Å². The average Bonchev–Trinajstić information content (AvgIpc) is 3.27. The predicted molar refractivity (Wildman–Crippen MR) is 245 cm³/mol. The van der Waals surface area contributed by atoms with Crippen LogP contribution >= 0.6 is 0 Å². The average molecular weight is 758 g/mol. The first-order chi connectivity index (χ1) is 28.8. The summed E-state index contributed by atoms with van der Waals surface area (Å²) >= 11 is 0. The Morgan fingerprint density at radius 1 is 0.390 bits per heavy atom. The number of hydrogen-bond donors (Lipinski definition) is 0. The van der Waals surface area contributed by atoms with E-state index < -0.39 is 0 Å². The maximum absolute atomic E-state index is 6.36. The quantitative estimate of drug-likeness (QED) is 0.163. The van der Waals surface area contributed by atoms with Crippen LogP contribution in [0.2, 0.25) is 0 Å². The summed E-state index contributed by atoms with van der Waals surface area (Å²) in [5.74, 6) is 1.71. The van der Waals surface area contributed by atoms with Crippen LogP contribution in [0.1, 0.15) is 49.9 Å². The minimum absolute atomic E-state index is 0.0809. The lowest BCUT2D eigenvalue weighted by Crippen LogP contribution is -2.63. The summed E-state index contributed by atoms with van der Waals surface area (Å²) in [5, 5.41) is 0. The van der Waals surface area contributed by atoms with Crippen molar-refractivity contribution in [2.24, 2.45) is 0 Å². The van der Waals surface area contributed by atoms with Crippen molar-refractivity contribution in [1.82, 2.24) is 0 Å². The van der Waals surface area contributed by atoms with Crippen molar-refractivity contribution in [3.05, 3.63) is 192 Å². The number of ether oxygens (including phenoxy) is 1. The van der Waals surface area contributed by atoms with Gasteiger partial charge >= 0.3 is 0 Å². The number of anilines is 9. The molecule has 5 aliphatic heterocycles. The third-order valence-electron chi connectivity index (χ3n) is 14.0. The van der Waals surface area contributed by atoms with E-state index in [1.807, 2.05) is 24.3 Å². The van der Waals surface area contributed by atoms with E-state index in [1.165, 1.54) is 83.9 Å². The van der Waals surface area contributed by atoms with Crippen LogP contribution in [0.5, 0.6) is 11.5 Å². The van der Waals surface area contributed by atoms with Gasteiger partial charge in [-0.2, -0.15) is 0 Å². The van der Waals surface area contributed by atoms with Crippen LogP contribution in [0.15, 0.2) is 170 Å². The number of benzene rings is 8. The van der Waals surface area contributed by atoms with Gasteiger partial charge in [-0.15, -0.1) is 0 Å². The second kappa shape index (κ2) is 11.4. The summed E-state index contributed by atoms with van der Waals surface area (Å²) in [6.45, 7) is 9.67. The molecule has 4 nitrogen and oxygen atoms in total. The van der Waals surface area contributed by atoms with Crippen LogP contribution in [0.3, 0.4) is 0 Å². The smallest absolute Gasteiger partial charge is 0.252 e. The zero-order valence-corrected chi connectivity index (χ0v) is 33.5. The van der Waals surface area contributed by atoms with Gasteiger partial charge in [-0.1, -0.05) is 137 Å². The van der Waals surface area contributed by atoms with Gasteiger partial charge in [0, 0.05) is 39.3 Å². The van der Waals surface area contributed by atoms with E-state index in [2.05, 4.69) is 188 Å². The molecule has 0 spiro atoms. The molecule has 8 aromatic rings. The summed E-state index contributed by atoms with van der Waals surface area (Å²) in [6.07, 6.45) is 0. The molecule has 0 aliphatic carbocycles. The molecule has 59 heavy (non-hydrogen) atoms. The molecule has 0 radical (unpaired) electrons. The van der Waals surface area contributed by atoms with Crippen LogP contribution in [0.25, 0.3) is 11.1 Å². The number of para-hydroxylation sites is 8. The highest BCUT2D eigenvalue weighted by Gasteiger charge is 2.51. The molecule has 0 fully saturated rings. The summed E-state index contributed by atoms with van der Waals surface area (Å²) < 4.78 is 6.36. The lowest BCUT2D eigenvalue weighted by atomic mass is 9.32. The molecule has 0 saturated carbocycles. The van der Waals surface area contributed by atoms with Crippen molar-refractivity contribution in [2.75, 3.05) is 14.7 Å². The third-order valence-corrected chi connectivity index (χ3v) is 14.0. The van der Waals surface area contributed by atoms with Crippen molar-refractivity contribution < 1.29 is 4.74 Å². The van der Waals surface area contributed by atoms with E-state index in [1.54, 1.807) is 0 Å². The standard InChI is InChI=1S/C54H40BN3O/c1-53(2)36-15-5-7-21-42(36)57-46-31-34(33-27-29-35(30-28-33)56-44-23-9-11-25-48(44)59-49-26-12-10-24-45(49)56)32-47-50(46)55(40-19-13-17-38(53)51(40)57)41-20-14-18-39-52(41)58(47)43-22-8-6-16-37(43)54(39,3)4/h5-32H,1-4H3. The Labute approximate surface area is 345 Å². The Morgan fingerprint density at radius 2 is 0.831 bits per heavy atom. The second-order valence-corrected chi connectivity index (χ2v) is 17.7. The van der Waals surface area contributed by atoms with Gasteiger partial charge in [-0.05, 0) is 110 Å². The number of fused-ring (bicyclic) bond motifs is 10. The fourth-order valence-electron chi connectivity index (χ4n) is 11.2. The van der Waals surface area contributed by atoms with Crippen LogP contribution < -0.4 is 35.8 Å². The molecule has 13 rings (SSSR count). The van der Waals surface area contributed by atoms with E-state index in [-0.39, 0.29) is 17.5 Å². The highest BCUT2D eigenvalue weighted by Crippen LogP contribution is 2.58. The van der Waals surface area contributed by atoms with Crippen molar-refractivity contribution in [2.45, 2.75) is 38.5 Å². The molecule has 0 aromatic heterocycles. The highest BCUT2D eigenvalue weighted by molar-refractivity contribution is 7.00. The summed E-state index contributed by atoms with van der Waals surface area (Å²) in [7, 11) is 0. The van der Waals surface area contributed by atoms with E-state index in [4.69, 9.17) is 4.74 Å². The van der Waals surface area contributed by atoms with Crippen molar-refractivity contribution >= 4 is 74.3 Å². The molecule has 5 heteroatoms. The largest absolute Gasteiger partial charge is 0.453 e. The van der Waals surface area contributed by atoms with Crippen LogP contribution in [0, 0.1) is 0 Å². The zero-order valence-electron chi connectivity index (χ0n) is 33.5. The molecular weight excluding hydrogens is 717 g/mol. The lowest BCUT2D eigenvalue weighted by Gasteiger charge is -2.52. The first kappa shape index (κ1) is 33.0. The van der Waals surface area contributed by atoms with Gasteiger partial charge < -0.3 is 19.4 Å². The number of nitrogens with zero attached hydrogens (tertiary/aromatic N) is 3. The molecule has 5 heterocycles. The van der Waals surface area contributed by atoms with Gasteiger partial charge in [0.05, 0.1) is 22.7 Å². The van der Waals surface area contributed by atoms with Crippen molar-refractivity contribution in [3.8, 4) is 22.6 Å². The Bertz CT molecular complexity index is 2950. The molecule has 0 saturated heterocycles. The normalized spacial score (nSPS) is 16.1. The first-order valence-electron chi connectivity index (χ1n) is 20.8. The Hall–Kier alpha value is -6.98. The van der Waals surface area contributed by atoms with Crippen molar-refractivity contribution in [1.29, 1.82) is 0 Å². The van der Waals surface area contributed by atoms with Crippen molar-refractivity contribution in [3.63, 3.8) is 0 Å². The zero-order chi connectivity index (χ0) is 39.4. The molecule has 0 amide bonds. The maximum atomic E-state index is 6.36. The van der Waals surface area contributed by atoms with E-state index in [0.717, 1.165) is 28.6 Å². The Morgan fingerprint density at radius 3 is 1.34 bits per heavy atom. The van der Waals surface area contributed by atoms with E-state index in [0.29, 0.717) is 0 Å². The van der Waals surface area contributed by atoms with Gasteiger partial charge in [0.1, 0.15) is 0 Å². The molecule has 5 aliphatic rings. The molecule has 0 N–H and O–H groups in total. The SMILES string of the molecule is CC1(C)c2ccccc2N2c3cc(-c4ccc(N5c6ccccc6Oc6ccccc65)cc4)cc4c3B(c3cccc1c32)c1cccc2c1N4c1ccccc1C2(C)C. The summed E-state index contributed by atoms with van der Waals surface area (Å²) in [5.41, 5.74) is 22.5. The van der Waals surface area contributed by atoms with Gasteiger partial charge in [-0.25, -0.2) is 0 Å². The van der Waals surface area contributed by atoms with Gasteiger partial charge in [0.15, 0.2) is 11.5 Å². The van der Waals surface area contributed by atoms with E-state index >= 15 is 0 Å². The molecule has 8 aromatic carbocycles. The van der Waals surface area contributed by atoms with Crippen LogP contribution in [0.4, 0.5) is 51.2 Å².